The summed E-state index contributed by atoms with van der Waals surface area (Å²) in [4.78, 5) is 2.43. The number of halogens is 1. The van der Waals surface area contributed by atoms with Gasteiger partial charge in [-0.3, -0.25) is 4.90 Å². The van der Waals surface area contributed by atoms with Crippen LogP contribution in [0.3, 0.4) is 0 Å². The van der Waals surface area contributed by atoms with Gasteiger partial charge in [-0.25, -0.2) is 0 Å². The van der Waals surface area contributed by atoms with Crippen LogP contribution >= 0.6 is 15.9 Å². The zero-order chi connectivity index (χ0) is 11.5. The molecule has 90 valence electrons. The van der Waals surface area contributed by atoms with E-state index in [1.807, 2.05) is 12.1 Å². The van der Waals surface area contributed by atoms with E-state index in [4.69, 9.17) is 10.2 Å². The first-order chi connectivity index (χ1) is 7.69. The molecule has 16 heavy (non-hydrogen) atoms. The number of hydrogen-bond donors (Lipinski definition) is 1. The summed E-state index contributed by atoms with van der Waals surface area (Å²) < 4.78 is 6.33. The van der Waals surface area contributed by atoms with Gasteiger partial charge in [-0.2, -0.15) is 0 Å². The Balaban J connectivity index is 1.91. The van der Waals surface area contributed by atoms with Crippen LogP contribution in [0.25, 0.3) is 0 Å². The molecular weight excluding hydrogens is 268 g/mol. The third kappa shape index (κ3) is 2.87. The van der Waals surface area contributed by atoms with E-state index in [1.54, 1.807) is 0 Å². The molecular formula is C12H19BrN2O. The van der Waals surface area contributed by atoms with Gasteiger partial charge in [0.05, 0.1) is 6.54 Å². The molecule has 2 N–H and O–H groups in total. The van der Waals surface area contributed by atoms with Crippen molar-refractivity contribution < 1.29 is 4.42 Å². The van der Waals surface area contributed by atoms with Crippen molar-refractivity contribution >= 4 is 15.9 Å². The first kappa shape index (κ1) is 12.1. The Morgan fingerprint density at radius 3 is 3.00 bits per heavy atom. The molecule has 1 aromatic heterocycles. The van der Waals surface area contributed by atoms with E-state index in [0.29, 0.717) is 12.0 Å². The number of piperidine rings is 1. The summed E-state index contributed by atoms with van der Waals surface area (Å²) in [6.45, 7) is 5.29. The lowest BCUT2D eigenvalue weighted by atomic mass is 9.91. The summed E-state index contributed by atoms with van der Waals surface area (Å²) in [6, 6.07) is 4.35. The van der Waals surface area contributed by atoms with E-state index in [1.165, 1.54) is 6.42 Å². The second-order valence-electron chi connectivity index (χ2n) is 4.56. The lowest BCUT2D eigenvalue weighted by Gasteiger charge is -2.36. The smallest absolute Gasteiger partial charge is 0.169 e. The number of furan rings is 1. The van der Waals surface area contributed by atoms with Gasteiger partial charge in [-0.1, -0.05) is 13.3 Å². The second kappa shape index (κ2) is 5.34. The van der Waals surface area contributed by atoms with E-state index >= 15 is 0 Å². The Morgan fingerprint density at radius 2 is 2.38 bits per heavy atom. The van der Waals surface area contributed by atoms with Crippen molar-refractivity contribution in [3.8, 4) is 0 Å². The molecule has 1 fully saturated rings. The predicted molar refractivity (Wildman–Crippen MR) is 68.1 cm³/mol. The van der Waals surface area contributed by atoms with Crippen LogP contribution in [0.2, 0.25) is 0 Å². The van der Waals surface area contributed by atoms with Gasteiger partial charge < -0.3 is 10.2 Å². The Bertz CT molecular complexity index is 340. The number of likely N-dealkylation sites (tertiary alicyclic amines) is 1. The Kier molecular flexibility index (Phi) is 4.05. The highest BCUT2D eigenvalue weighted by molar-refractivity contribution is 9.10. The Morgan fingerprint density at radius 1 is 1.56 bits per heavy atom. The van der Waals surface area contributed by atoms with E-state index in [0.717, 1.165) is 36.5 Å². The lowest BCUT2D eigenvalue weighted by molar-refractivity contribution is 0.136. The molecule has 0 bridgehead atoms. The molecule has 1 aliphatic heterocycles. The maximum absolute atomic E-state index is 6.09. The molecule has 2 atom stereocenters. The van der Waals surface area contributed by atoms with Crippen molar-refractivity contribution in [3.63, 3.8) is 0 Å². The van der Waals surface area contributed by atoms with Gasteiger partial charge in [-0.15, -0.1) is 0 Å². The van der Waals surface area contributed by atoms with Gasteiger partial charge in [-0.05, 0) is 40.4 Å². The molecule has 0 saturated carbocycles. The molecule has 4 heteroatoms. The van der Waals surface area contributed by atoms with Crippen LogP contribution in [-0.4, -0.2) is 24.0 Å². The van der Waals surface area contributed by atoms with Crippen molar-refractivity contribution in [3.05, 3.63) is 22.6 Å². The highest BCUT2D eigenvalue weighted by Crippen LogP contribution is 2.22. The zero-order valence-electron chi connectivity index (χ0n) is 9.66. The number of nitrogens with zero attached hydrogens (tertiary/aromatic N) is 1. The maximum atomic E-state index is 6.09. The molecule has 0 amide bonds. The molecule has 0 aromatic carbocycles. The van der Waals surface area contributed by atoms with Crippen LogP contribution in [0.5, 0.6) is 0 Å². The van der Waals surface area contributed by atoms with E-state index in [2.05, 4.69) is 27.8 Å². The van der Waals surface area contributed by atoms with Gasteiger partial charge in [0.15, 0.2) is 4.67 Å². The monoisotopic (exact) mass is 286 g/mol. The molecule has 1 saturated heterocycles. The van der Waals surface area contributed by atoms with Crippen molar-refractivity contribution in [2.45, 2.75) is 32.4 Å². The molecule has 1 aromatic rings. The Labute approximate surface area is 105 Å². The van der Waals surface area contributed by atoms with Crippen molar-refractivity contribution in [2.24, 2.45) is 11.7 Å². The van der Waals surface area contributed by atoms with Crippen LogP contribution in [0, 0.1) is 5.92 Å². The fourth-order valence-corrected chi connectivity index (χ4v) is 2.70. The molecule has 0 radical (unpaired) electrons. The van der Waals surface area contributed by atoms with Gasteiger partial charge in [0, 0.05) is 19.1 Å². The summed E-state index contributed by atoms with van der Waals surface area (Å²) in [5.74, 6) is 1.66. The summed E-state index contributed by atoms with van der Waals surface area (Å²) in [7, 11) is 0. The van der Waals surface area contributed by atoms with Gasteiger partial charge in [0.25, 0.3) is 0 Å². The number of rotatable bonds is 3. The average Bonchev–Trinajstić information content (AvgIpc) is 2.67. The van der Waals surface area contributed by atoms with Crippen molar-refractivity contribution in [1.29, 1.82) is 0 Å². The molecule has 3 nitrogen and oxygen atoms in total. The standard InChI is InChI=1S/C12H19BrN2O/c1-2-9-7-15(6-5-11(9)14)8-10-3-4-12(13)16-10/h3-4,9,11H,2,5-8,14H2,1H3. The Hall–Kier alpha value is -0.320. The molecule has 1 aliphatic rings. The fourth-order valence-electron chi connectivity index (χ4n) is 2.36. The van der Waals surface area contributed by atoms with Crippen molar-refractivity contribution in [1.82, 2.24) is 4.90 Å². The van der Waals surface area contributed by atoms with Crippen molar-refractivity contribution in [2.75, 3.05) is 13.1 Å². The molecule has 0 aliphatic carbocycles. The molecule has 2 heterocycles. The predicted octanol–water partition coefficient (Wildman–Crippen LogP) is 2.60. The quantitative estimate of drug-likeness (QED) is 0.929. The molecule has 2 rings (SSSR count). The fraction of sp³-hybridized carbons (Fsp3) is 0.667. The SMILES string of the molecule is CCC1CN(Cc2ccc(Br)o2)CCC1N. The molecule has 0 spiro atoms. The third-order valence-electron chi connectivity index (χ3n) is 3.41. The summed E-state index contributed by atoms with van der Waals surface area (Å²) in [6.07, 6.45) is 2.26. The van der Waals surface area contributed by atoms with Gasteiger partial charge in [0.2, 0.25) is 0 Å². The van der Waals surface area contributed by atoms with Crippen LogP contribution in [0.4, 0.5) is 0 Å². The first-order valence-electron chi connectivity index (χ1n) is 5.91. The van der Waals surface area contributed by atoms with E-state index in [9.17, 15) is 0 Å². The minimum Gasteiger partial charge on any atom is -0.453 e. The first-order valence-corrected chi connectivity index (χ1v) is 6.70. The van der Waals surface area contributed by atoms with E-state index < -0.39 is 0 Å². The zero-order valence-corrected chi connectivity index (χ0v) is 11.2. The average molecular weight is 287 g/mol. The topological polar surface area (TPSA) is 42.4 Å². The lowest BCUT2D eigenvalue weighted by Crippen LogP contribution is -2.46. The van der Waals surface area contributed by atoms with E-state index in [-0.39, 0.29) is 0 Å². The molecule has 2 unspecified atom stereocenters. The largest absolute Gasteiger partial charge is 0.453 e. The minimum atomic E-state index is 0.379. The number of hydrogen-bond acceptors (Lipinski definition) is 3. The minimum absolute atomic E-state index is 0.379. The van der Waals surface area contributed by atoms with Gasteiger partial charge in [0.1, 0.15) is 5.76 Å². The number of nitrogens with two attached hydrogens (primary N) is 1. The van der Waals surface area contributed by atoms with Crippen LogP contribution in [-0.2, 0) is 6.54 Å². The summed E-state index contributed by atoms with van der Waals surface area (Å²) >= 11 is 3.33. The summed E-state index contributed by atoms with van der Waals surface area (Å²) in [5, 5.41) is 0. The highest BCUT2D eigenvalue weighted by atomic mass is 79.9. The highest BCUT2D eigenvalue weighted by Gasteiger charge is 2.25. The van der Waals surface area contributed by atoms with Crippen LogP contribution in [0.1, 0.15) is 25.5 Å². The third-order valence-corrected chi connectivity index (χ3v) is 3.84. The normalized spacial score (nSPS) is 27.2. The van der Waals surface area contributed by atoms with Crippen LogP contribution in [0.15, 0.2) is 21.2 Å². The summed E-state index contributed by atoms with van der Waals surface area (Å²) in [5.41, 5.74) is 6.09. The second-order valence-corrected chi connectivity index (χ2v) is 5.34. The maximum Gasteiger partial charge on any atom is 0.169 e. The van der Waals surface area contributed by atoms with Crippen LogP contribution < -0.4 is 5.73 Å². The van der Waals surface area contributed by atoms with Gasteiger partial charge >= 0.3 is 0 Å².